The summed E-state index contributed by atoms with van der Waals surface area (Å²) in [4.78, 5) is 4.23. The number of benzene rings is 1. The molecule has 0 spiro atoms. The predicted molar refractivity (Wildman–Crippen MR) is 73.2 cm³/mol. The lowest BCUT2D eigenvalue weighted by Crippen LogP contribution is -1.99. The molecule has 0 aliphatic carbocycles. The first kappa shape index (κ1) is 11.4. The number of nitrogens with two attached hydrogens (primary N) is 1. The normalized spacial score (nSPS) is 10.5. The zero-order valence-electron chi connectivity index (χ0n) is 10.3. The molecule has 5 heteroatoms. The van der Waals surface area contributed by atoms with E-state index in [0.29, 0.717) is 12.2 Å². The van der Waals surface area contributed by atoms with Gasteiger partial charge in [-0.2, -0.15) is 0 Å². The molecule has 0 aliphatic rings. The molecule has 0 amide bonds. The van der Waals surface area contributed by atoms with E-state index in [0.717, 1.165) is 11.4 Å². The van der Waals surface area contributed by atoms with Gasteiger partial charge in [0.2, 0.25) is 0 Å². The molecule has 5 nitrogen and oxygen atoms in total. The number of nitrogen functional groups attached to an aromatic ring is 1. The van der Waals surface area contributed by atoms with E-state index in [4.69, 9.17) is 5.73 Å². The highest BCUT2D eigenvalue weighted by atomic mass is 15.4. The van der Waals surface area contributed by atoms with E-state index >= 15 is 0 Å². The summed E-state index contributed by atoms with van der Waals surface area (Å²) in [5.41, 5.74) is 9.04. The highest BCUT2D eigenvalue weighted by Gasteiger charge is 2.05. The van der Waals surface area contributed by atoms with E-state index in [1.54, 1.807) is 23.0 Å². The topological polar surface area (TPSA) is 69.6 Å². The van der Waals surface area contributed by atoms with Crippen LogP contribution in [0.5, 0.6) is 0 Å². The van der Waals surface area contributed by atoms with Crippen molar-refractivity contribution in [2.45, 2.75) is 6.54 Å². The van der Waals surface area contributed by atoms with Gasteiger partial charge in [-0.1, -0.05) is 35.5 Å². The van der Waals surface area contributed by atoms with Crippen molar-refractivity contribution in [3.8, 4) is 11.4 Å². The maximum Gasteiger partial charge on any atom is 0.131 e. The summed E-state index contributed by atoms with van der Waals surface area (Å²) in [6.07, 6.45) is 3.54. The number of pyridine rings is 1. The highest BCUT2D eigenvalue weighted by Crippen LogP contribution is 2.15. The molecule has 0 radical (unpaired) electrons. The molecular formula is C14H13N5. The lowest BCUT2D eigenvalue weighted by molar-refractivity contribution is 0.650. The van der Waals surface area contributed by atoms with Crippen molar-refractivity contribution in [2.75, 3.05) is 5.73 Å². The Bertz CT molecular complexity index is 675. The summed E-state index contributed by atoms with van der Waals surface area (Å²) in [7, 11) is 0. The van der Waals surface area contributed by atoms with Crippen LogP contribution in [0.4, 0.5) is 5.69 Å². The molecule has 0 aliphatic heterocycles. The van der Waals surface area contributed by atoms with Crippen molar-refractivity contribution < 1.29 is 0 Å². The lowest BCUT2D eigenvalue weighted by Gasteiger charge is -1.99. The summed E-state index contributed by atoms with van der Waals surface area (Å²) in [6.45, 7) is 0.691. The van der Waals surface area contributed by atoms with Crippen LogP contribution in [0, 0.1) is 0 Å². The molecule has 0 saturated heterocycles. The largest absolute Gasteiger partial charge is 0.399 e. The molecule has 0 saturated carbocycles. The van der Waals surface area contributed by atoms with Crippen LogP contribution >= 0.6 is 0 Å². The minimum Gasteiger partial charge on any atom is -0.399 e. The van der Waals surface area contributed by atoms with Gasteiger partial charge in [0.25, 0.3) is 0 Å². The van der Waals surface area contributed by atoms with Crippen LogP contribution in [-0.2, 0) is 6.54 Å². The Hall–Kier alpha value is -2.69. The van der Waals surface area contributed by atoms with Crippen LogP contribution in [-0.4, -0.2) is 20.0 Å². The molecule has 0 unspecified atom stereocenters. The summed E-state index contributed by atoms with van der Waals surface area (Å²) in [5.74, 6) is 0. The third-order valence-corrected chi connectivity index (χ3v) is 2.77. The van der Waals surface area contributed by atoms with Crippen LogP contribution in [0.25, 0.3) is 11.4 Å². The maximum atomic E-state index is 5.73. The van der Waals surface area contributed by atoms with Gasteiger partial charge >= 0.3 is 0 Å². The average molecular weight is 251 g/mol. The third-order valence-electron chi connectivity index (χ3n) is 2.77. The Labute approximate surface area is 110 Å². The monoisotopic (exact) mass is 251 g/mol. The van der Waals surface area contributed by atoms with Crippen molar-refractivity contribution >= 4 is 5.69 Å². The average Bonchev–Trinajstić information content (AvgIpc) is 2.88. The minimum atomic E-state index is 0.669. The zero-order valence-corrected chi connectivity index (χ0v) is 10.3. The lowest BCUT2D eigenvalue weighted by atomic mass is 10.2. The van der Waals surface area contributed by atoms with Crippen LogP contribution in [0.3, 0.4) is 0 Å². The molecule has 0 atom stereocenters. The first-order chi connectivity index (χ1) is 9.31. The number of hydrogen-bond acceptors (Lipinski definition) is 4. The fourth-order valence-electron chi connectivity index (χ4n) is 1.85. The SMILES string of the molecule is Nc1ccnc(-c2cn(Cc3ccccc3)nn2)c1. The zero-order chi connectivity index (χ0) is 13.1. The predicted octanol–water partition coefficient (Wildman–Crippen LogP) is 1.97. The number of hydrogen-bond donors (Lipinski definition) is 1. The second-order valence-electron chi connectivity index (χ2n) is 4.26. The van der Waals surface area contributed by atoms with Crippen molar-refractivity contribution in [3.63, 3.8) is 0 Å². The first-order valence-corrected chi connectivity index (χ1v) is 5.97. The molecule has 0 fully saturated rings. The maximum absolute atomic E-state index is 5.73. The van der Waals surface area contributed by atoms with Gasteiger partial charge in [0, 0.05) is 11.9 Å². The smallest absolute Gasteiger partial charge is 0.131 e. The fraction of sp³-hybridized carbons (Fsp3) is 0.0714. The van der Waals surface area contributed by atoms with E-state index in [-0.39, 0.29) is 0 Å². The number of aromatic nitrogens is 4. The summed E-state index contributed by atoms with van der Waals surface area (Å²) < 4.78 is 1.79. The highest BCUT2D eigenvalue weighted by molar-refractivity contribution is 5.57. The summed E-state index contributed by atoms with van der Waals surface area (Å²) in [5, 5.41) is 8.22. The number of nitrogens with zero attached hydrogens (tertiary/aromatic N) is 4. The molecule has 1 aromatic carbocycles. The van der Waals surface area contributed by atoms with Crippen molar-refractivity contribution in [3.05, 3.63) is 60.4 Å². The van der Waals surface area contributed by atoms with E-state index in [1.165, 1.54) is 5.56 Å². The van der Waals surface area contributed by atoms with Crippen LogP contribution in [0.15, 0.2) is 54.9 Å². The summed E-state index contributed by atoms with van der Waals surface area (Å²) >= 11 is 0. The fourth-order valence-corrected chi connectivity index (χ4v) is 1.85. The molecular weight excluding hydrogens is 238 g/mol. The Kier molecular flexibility index (Phi) is 2.94. The van der Waals surface area contributed by atoms with Gasteiger partial charge < -0.3 is 5.73 Å². The van der Waals surface area contributed by atoms with Gasteiger partial charge in [0.15, 0.2) is 0 Å². The van der Waals surface area contributed by atoms with Gasteiger partial charge in [-0.05, 0) is 17.7 Å². The Morgan fingerprint density at radius 1 is 1.05 bits per heavy atom. The second-order valence-corrected chi connectivity index (χ2v) is 4.26. The van der Waals surface area contributed by atoms with Gasteiger partial charge in [0.1, 0.15) is 5.69 Å². The molecule has 3 aromatic rings. The van der Waals surface area contributed by atoms with E-state index in [2.05, 4.69) is 27.4 Å². The van der Waals surface area contributed by atoms with E-state index < -0.39 is 0 Å². The van der Waals surface area contributed by atoms with Crippen LogP contribution in [0.1, 0.15) is 5.56 Å². The Morgan fingerprint density at radius 2 is 1.89 bits per heavy atom. The molecule has 2 heterocycles. The standard InChI is InChI=1S/C14H13N5/c15-12-6-7-16-13(8-12)14-10-19(18-17-14)9-11-4-2-1-3-5-11/h1-8,10H,9H2,(H2,15,16). The van der Waals surface area contributed by atoms with Gasteiger partial charge in [-0.25, -0.2) is 4.68 Å². The van der Waals surface area contributed by atoms with Crippen LogP contribution < -0.4 is 5.73 Å². The van der Waals surface area contributed by atoms with Crippen molar-refractivity contribution in [1.29, 1.82) is 0 Å². The molecule has 0 bridgehead atoms. The molecule has 2 aromatic heterocycles. The van der Waals surface area contributed by atoms with Gasteiger partial charge in [-0.15, -0.1) is 5.10 Å². The molecule has 94 valence electrons. The Balaban J connectivity index is 1.84. The number of rotatable bonds is 3. The number of anilines is 1. The molecule has 3 rings (SSSR count). The molecule has 19 heavy (non-hydrogen) atoms. The minimum absolute atomic E-state index is 0.669. The van der Waals surface area contributed by atoms with E-state index in [9.17, 15) is 0 Å². The first-order valence-electron chi connectivity index (χ1n) is 5.97. The quantitative estimate of drug-likeness (QED) is 0.772. The third kappa shape index (κ3) is 2.60. The van der Waals surface area contributed by atoms with E-state index in [1.807, 2.05) is 24.4 Å². The van der Waals surface area contributed by atoms with Crippen LogP contribution in [0.2, 0.25) is 0 Å². The van der Waals surface area contributed by atoms with Gasteiger partial charge in [-0.3, -0.25) is 4.98 Å². The molecule has 2 N–H and O–H groups in total. The summed E-state index contributed by atoms with van der Waals surface area (Å²) in [6, 6.07) is 13.7. The Morgan fingerprint density at radius 3 is 2.68 bits per heavy atom. The van der Waals surface area contributed by atoms with Crippen molar-refractivity contribution in [1.82, 2.24) is 20.0 Å². The van der Waals surface area contributed by atoms with Gasteiger partial charge in [0.05, 0.1) is 18.4 Å². The second kappa shape index (κ2) is 4.89. The van der Waals surface area contributed by atoms with Crippen molar-refractivity contribution in [2.24, 2.45) is 0 Å².